The Morgan fingerprint density at radius 1 is 1.18 bits per heavy atom. The zero-order valence-electron chi connectivity index (χ0n) is 17.4. The van der Waals surface area contributed by atoms with Gasteiger partial charge in [0.15, 0.2) is 0 Å². The first-order chi connectivity index (χ1) is 13.2. The molecule has 0 saturated heterocycles. The molecule has 0 N–H and O–H groups in total. The van der Waals surface area contributed by atoms with E-state index in [1.165, 1.54) is 10.4 Å². The van der Waals surface area contributed by atoms with Crippen LogP contribution in [0.25, 0.3) is 0 Å². The molecule has 0 radical (unpaired) electrons. The van der Waals surface area contributed by atoms with Gasteiger partial charge >= 0.3 is 0 Å². The maximum absolute atomic E-state index is 13.4. The van der Waals surface area contributed by atoms with E-state index in [0.29, 0.717) is 6.54 Å². The lowest BCUT2D eigenvalue weighted by molar-refractivity contribution is -0.147. The number of carbonyl (C=O) groups is 2. The van der Waals surface area contributed by atoms with Gasteiger partial charge in [-0.2, -0.15) is 0 Å². The van der Waals surface area contributed by atoms with Crippen LogP contribution in [-0.4, -0.2) is 40.2 Å². The van der Waals surface area contributed by atoms with Gasteiger partial charge in [0.2, 0.25) is 11.8 Å². The van der Waals surface area contributed by atoms with Crippen LogP contribution in [0.4, 0.5) is 0 Å². The minimum Gasteiger partial charge on any atom is -0.330 e. The monoisotopic (exact) mass is 398 g/mol. The molecule has 0 spiro atoms. The average molecular weight is 399 g/mol. The summed E-state index contributed by atoms with van der Waals surface area (Å²) in [5, 5.41) is 2.11. The fourth-order valence-electron chi connectivity index (χ4n) is 3.76. The number of hydrogen-bond acceptors (Lipinski definition) is 3. The lowest BCUT2D eigenvalue weighted by atomic mass is 9.93. The number of hydrogen-bond donors (Lipinski definition) is 0. The van der Waals surface area contributed by atoms with Gasteiger partial charge in [-0.3, -0.25) is 9.59 Å². The summed E-state index contributed by atoms with van der Waals surface area (Å²) in [6, 6.07) is 12.2. The van der Waals surface area contributed by atoms with Crippen molar-refractivity contribution in [1.29, 1.82) is 0 Å². The third-order valence-corrected chi connectivity index (χ3v) is 6.26. The summed E-state index contributed by atoms with van der Waals surface area (Å²) in [6.45, 7) is 10.5. The van der Waals surface area contributed by atoms with Crippen LogP contribution in [-0.2, 0) is 16.0 Å². The summed E-state index contributed by atoms with van der Waals surface area (Å²) in [7, 11) is 0. The molecule has 0 bridgehead atoms. The molecule has 1 aliphatic heterocycles. The third-order valence-electron chi connectivity index (χ3n) is 5.26. The Bertz CT molecular complexity index is 836. The highest BCUT2D eigenvalue weighted by molar-refractivity contribution is 7.10. The number of rotatable bonds is 4. The third kappa shape index (κ3) is 4.14. The number of benzene rings is 1. The molecule has 1 aliphatic rings. The maximum Gasteiger partial charge on any atom is 0.243 e. The van der Waals surface area contributed by atoms with E-state index in [9.17, 15) is 9.59 Å². The molecule has 3 rings (SSSR count). The van der Waals surface area contributed by atoms with Gasteiger partial charge < -0.3 is 9.80 Å². The predicted octanol–water partition coefficient (Wildman–Crippen LogP) is 4.51. The van der Waals surface area contributed by atoms with Crippen molar-refractivity contribution in [3.63, 3.8) is 0 Å². The molecule has 2 amide bonds. The SMILES string of the molecule is CC(C)C(=O)N(CC(=O)N1CCc2sccc2C1c1ccccc1)C(C)(C)C. The Balaban J connectivity index is 1.92. The predicted molar refractivity (Wildman–Crippen MR) is 114 cm³/mol. The van der Waals surface area contributed by atoms with Crippen molar-refractivity contribution in [3.8, 4) is 0 Å². The Labute approximate surface area is 172 Å². The van der Waals surface area contributed by atoms with Crippen molar-refractivity contribution in [3.05, 3.63) is 57.8 Å². The lowest BCUT2D eigenvalue weighted by Crippen LogP contribution is -2.53. The molecule has 1 aromatic heterocycles. The van der Waals surface area contributed by atoms with Crippen LogP contribution in [0, 0.1) is 5.92 Å². The number of fused-ring (bicyclic) bond motifs is 1. The van der Waals surface area contributed by atoms with E-state index < -0.39 is 5.54 Å². The van der Waals surface area contributed by atoms with Gasteiger partial charge in [0.05, 0.1) is 6.04 Å². The van der Waals surface area contributed by atoms with Crippen molar-refractivity contribution < 1.29 is 9.59 Å². The number of nitrogens with zero attached hydrogens (tertiary/aromatic N) is 2. The summed E-state index contributed by atoms with van der Waals surface area (Å²) in [5.74, 6) is -0.109. The second kappa shape index (κ2) is 8.08. The summed E-state index contributed by atoms with van der Waals surface area (Å²) >= 11 is 1.76. The van der Waals surface area contributed by atoms with E-state index in [2.05, 4.69) is 23.6 Å². The van der Waals surface area contributed by atoms with Crippen molar-refractivity contribution in [2.45, 2.75) is 52.6 Å². The molecule has 0 aliphatic carbocycles. The quantitative estimate of drug-likeness (QED) is 0.760. The molecular weight excluding hydrogens is 368 g/mol. The highest BCUT2D eigenvalue weighted by atomic mass is 32.1. The van der Waals surface area contributed by atoms with Gasteiger partial charge in [-0.1, -0.05) is 44.2 Å². The average Bonchev–Trinajstić information content (AvgIpc) is 3.13. The van der Waals surface area contributed by atoms with Crippen LogP contribution < -0.4 is 0 Å². The molecular formula is C23H30N2O2S. The summed E-state index contributed by atoms with van der Waals surface area (Å²) in [6.07, 6.45) is 0.871. The normalized spacial score (nSPS) is 16.8. The first-order valence-corrected chi connectivity index (χ1v) is 10.8. The largest absolute Gasteiger partial charge is 0.330 e. The van der Waals surface area contributed by atoms with Crippen molar-refractivity contribution in [1.82, 2.24) is 9.80 Å². The van der Waals surface area contributed by atoms with Crippen LogP contribution in [0.3, 0.4) is 0 Å². The van der Waals surface area contributed by atoms with E-state index >= 15 is 0 Å². The number of carbonyl (C=O) groups excluding carboxylic acids is 2. The van der Waals surface area contributed by atoms with Gasteiger partial charge in [-0.15, -0.1) is 11.3 Å². The van der Waals surface area contributed by atoms with Crippen LogP contribution in [0.2, 0.25) is 0 Å². The standard InChI is InChI=1S/C23H30N2O2S/c1-16(2)22(27)25(23(3,4)5)15-20(26)24-13-11-19-18(12-14-28-19)21(24)17-9-7-6-8-10-17/h6-10,12,14,16,21H,11,13,15H2,1-5H3. The van der Waals surface area contributed by atoms with E-state index in [4.69, 9.17) is 0 Å². The van der Waals surface area contributed by atoms with E-state index in [-0.39, 0.29) is 30.3 Å². The molecule has 1 aromatic carbocycles. The van der Waals surface area contributed by atoms with Crippen molar-refractivity contribution >= 4 is 23.2 Å². The van der Waals surface area contributed by atoms with Crippen LogP contribution in [0.1, 0.15) is 56.7 Å². The minimum absolute atomic E-state index is 0.00891. The van der Waals surface area contributed by atoms with E-state index in [1.54, 1.807) is 16.2 Å². The second-order valence-corrected chi connectivity index (χ2v) is 9.70. The Hall–Kier alpha value is -2.14. The second-order valence-electron chi connectivity index (χ2n) is 8.70. The van der Waals surface area contributed by atoms with Crippen molar-refractivity contribution in [2.24, 2.45) is 5.92 Å². The zero-order valence-corrected chi connectivity index (χ0v) is 18.3. The lowest BCUT2D eigenvalue weighted by Gasteiger charge is -2.41. The molecule has 1 unspecified atom stereocenters. The molecule has 2 aromatic rings. The highest BCUT2D eigenvalue weighted by Gasteiger charge is 2.36. The van der Waals surface area contributed by atoms with Gasteiger partial charge in [0, 0.05) is 22.9 Å². The number of thiophene rings is 1. The minimum atomic E-state index is -0.400. The molecule has 2 heterocycles. The summed E-state index contributed by atoms with van der Waals surface area (Å²) in [5.41, 5.74) is 1.93. The molecule has 5 heteroatoms. The molecule has 28 heavy (non-hydrogen) atoms. The molecule has 0 saturated carbocycles. The van der Waals surface area contributed by atoms with Gasteiger partial charge in [-0.05, 0) is 49.8 Å². The van der Waals surface area contributed by atoms with E-state index in [0.717, 1.165) is 12.0 Å². The fraction of sp³-hybridized carbons (Fsp3) is 0.478. The first-order valence-electron chi connectivity index (χ1n) is 9.92. The highest BCUT2D eigenvalue weighted by Crippen LogP contribution is 2.38. The van der Waals surface area contributed by atoms with Gasteiger partial charge in [-0.25, -0.2) is 0 Å². The molecule has 150 valence electrons. The Morgan fingerprint density at radius 3 is 2.46 bits per heavy atom. The van der Waals surface area contributed by atoms with Gasteiger partial charge in [0.25, 0.3) is 0 Å². The fourth-order valence-corrected chi connectivity index (χ4v) is 4.67. The number of amides is 2. The molecule has 4 nitrogen and oxygen atoms in total. The summed E-state index contributed by atoms with van der Waals surface area (Å²) in [4.78, 5) is 31.2. The zero-order chi connectivity index (χ0) is 20.5. The topological polar surface area (TPSA) is 40.6 Å². The Kier molecular flexibility index (Phi) is 5.94. The van der Waals surface area contributed by atoms with Crippen molar-refractivity contribution in [2.75, 3.05) is 13.1 Å². The molecule has 1 atom stereocenters. The smallest absolute Gasteiger partial charge is 0.243 e. The first kappa shape index (κ1) is 20.6. The van der Waals surface area contributed by atoms with E-state index in [1.807, 2.05) is 57.7 Å². The maximum atomic E-state index is 13.4. The summed E-state index contributed by atoms with van der Waals surface area (Å²) < 4.78 is 0. The van der Waals surface area contributed by atoms with Gasteiger partial charge in [0.1, 0.15) is 6.54 Å². The van der Waals surface area contributed by atoms with Crippen LogP contribution in [0.5, 0.6) is 0 Å². The van der Waals surface area contributed by atoms with Crippen LogP contribution >= 0.6 is 11.3 Å². The Morgan fingerprint density at radius 2 is 1.86 bits per heavy atom. The molecule has 0 fully saturated rings. The van der Waals surface area contributed by atoms with Crippen LogP contribution in [0.15, 0.2) is 41.8 Å².